The Balaban J connectivity index is 1.80. The van der Waals surface area contributed by atoms with Gasteiger partial charge in [-0.15, -0.1) is 0 Å². The second-order valence-corrected chi connectivity index (χ2v) is 4.73. The van der Waals surface area contributed by atoms with Gasteiger partial charge in [-0.25, -0.2) is 0 Å². The van der Waals surface area contributed by atoms with Crippen molar-refractivity contribution < 1.29 is 14.7 Å². The van der Waals surface area contributed by atoms with Gasteiger partial charge in [0.25, 0.3) is 0 Å². The molecule has 1 aliphatic heterocycles. The first-order valence-corrected chi connectivity index (χ1v) is 6.27. The number of rotatable bonds is 3. The van der Waals surface area contributed by atoms with Crippen LogP contribution in [-0.2, 0) is 16.0 Å². The second kappa shape index (κ2) is 4.42. The average molecular weight is 258 g/mol. The maximum absolute atomic E-state index is 11.5. The molecule has 1 saturated heterocycles. The van der Waals surface area contributed by atoms with Crippen LogP contribution < -0.4 is 0 Å². The third kappa shape index (κ3) is 2.07. The zero-order valence-corrected chi connectivity index (χ0v) is 10.3. The smallest absolute Gasteiger partial charge is 0.229 e. The van der Waals surface area contributed by atoms with Gasteiger partial charge in [0.05, 0.1) is 0 Å². The number of hydrogen-bond donors (Lipinski definition) is 2. The second-order valence-electron chi connectivity index (χ2n) is 4.73. The van der Waals surface area contributed by atoms with Crippen molar-refractivity contribution in [1.29, 1.82) is 0 Å². The van der Waals surface area contributed by atoms with Crippen LogP contribution >= 0.6 is 0 Å². The third-order valence-corrected chi connectivity index (χ3v) is 3.51. The molecule has 0 bridgehead atoms. The van der Waals surface area contributed by atoms with E-state index in [1.54, 1.807) is 18.2 Å². The Labute approximate surface area is 109 Å². The molecule has 5 nitrogen and oxygen atoms in total. The third-order valence-electron chi connectivity index (χ3n) is 3.51. The van der Waals surface area contributed by atoms with Crippen molar-refractivity contribution in [3.05, 3.63) is 30.0 Å². The Kier molecular flexibility index (Phi) is 2.74. The lowest BCUT2D eigenvalue weighted by molar-refractivity contribution is -0.138. The number of hydrogen-bond acceptors (Lipinski definition) is 3. The highest BCUT2D eigenvalue weighted by Gasteiger charge is 2.28. The summed E-state index contributed by atoms with van der Waals surface area (Å²) in [7, 11) is 0. The van der Waals surface area contributed by atoms with E-state index in [0.717, 1.165) is 16.5 Å². The number of nitrogens with one attached hydrogen (secondary N) is 1. The molecule has 1 aliphatic rings. The monoisotopic (exact) mass is 258 g/mol. The number of imide groups is 1. The van der Waals surface area contributed by atoms with Gasteiger partial charge in [-0.1, -0.05) is 0 Å². The summed E-state index contributed by atoms with van der Waals surface area (Å²) in [5.74, 6) is 0.0297. The molecule has 2 heterocycles. The molecule has 2 aromatic rings. The number of likely N-dealkylation sites (tertiary alicyclic amines) is 1. The number of H-pyrrole nitrogens is 1. The molecular weight excluding hydrogens is 244 g/mol. The molecule has 0 radical (unpaired) electrons. The molecule has 0 spiro atoms. The lowest BCUT2D eigenvalue weighted by Gasteiger charge is -2.12. The minimum atomic E-state index is -0.0901. The minimum absolute atomic E-state index is 0.0901. The zero-order chi connectivity index (χ0) is 13.4. The summed E-state index contributed by atoms with van der Waals surface area (Å²) in [5.41, 5.74) is 1.94. The Hall–Kier alpha value is -2.30. The number of phenolic OH excluding ortho intramolecular Hbond substituents is 1. The number of carbonyl (C=O) groups is 2. The summed E-state index contributed by atoms with van der Waals surface area (Å²) in [6.07, 6.45) is 3.11. The molecule has 2 N–H and O–H groups in total. The van der Waals surface area contributed by atoms with Crippen LogP contribution in [0, 0.1) is 0 Å². The van der Waals surface area contributed by atoms with E-state index < -0.39 is 0 Å². The van der Waals surface area contributed by atoms with Crippen molar-refractivity contribution in [2.45, 2.75) is 19.3 Å². The molecule has 0 saturated carbocycles. The maximum atomic E-state index is 11.5. The van der Waals surface area contributed by atoms with Gasteiger partial charge in [-0.05, 0) is 30.2 Å². The topological polar surface area (TPSA) is 73.4 Å². The van der Waals surface area contributed by atoms with E-state index in [2.05, 4.69) is 4.98 Å². The molecule has 0 aliphatic carbocycles. The summed E-state index contributed by atoms with van der Waals surface area (Å²) in [4.78, 5) is 27.5. The number of nitrogens with zero attached hydrogens (tertiary/aromatic N) is 1. The average Bonchev–Trinajstić information content (AvgIpc) is 2.92. The van der Waals surface area contributed by atoms with E-state index >= 15 is 0 Å². The minimum Gasteiger partial charge on any atom is -0.508 e. The molecule has 1 aromatic carbocycles. The number of aromatic amines is 1. The molecule has 98 valence electrons. The summed E-state index contributed by atoms with van der Waals surface area (Å²) >= 11 is 0. The Bertz CT molecular complexity index is 644. The molecule has 2 amide bonds. The van der Waals surface area contributed by atoms with Crippen molar-refractivity contribution in [2.75, 3.05) is 6.54 Å². The maximum Gasteiger partial charge on any atom is 0.229 e. The Morgan fingerprint density at radius 2 is 1.95 bits per heavy atom. The van der Waals surface area contributed by atoms with Crippen molar-refractivity contribution in [2.24, 2.45) is 0 Å². The van der Waals surface area contributed by atoms with Gasteiger partial charge >= 0.3 is 0 Å². The standard InChI is InChI=1S/C14H14N2O3/c17-10-1-2-12-11(7-10)9(8-15-12)5-6-16-13(18)3-4-14(16)19/h1-2,7-8,15,17H,3-6H2. The predicted octanol–water partition coefficient (Wildman–Crippen LogP) is 1.56. The molecular formula is C14H14N2O3. The Morgan fingerprint density at radius 1 is 1.21 bits per heavy atom. The van der Waals surface area contributed by atoms with Crippen molar-refractivity contribution in [3.8, 4) is 5.75 Å². The van der Waals surface area contributed by atoms with E-state index in [0.29, 0.717) is 25.8 Å². The number of aromatic hydroxyl groups is 1. The first-order valence-electron chi connectivity index (χ1n) is 6.27. The van der Waals surface area contributed by atoms with Crippen LogP contribution in [0.3, 0.4) is 0 Å². The molecule has 0 unspecified atom stereocenters. The number of phenols is 1. The van der Waals surface area contributed by atoms with Crippen molar-refractivity contribution in [3.63, 3.8) is 0 Å². The summed E-state index contributed by atoms with van der Waals surface area (Å²) < 4.78 is 0. The van der Waals surface area contributed by atoms with E-state index in [9.17, 15) is 14.7 Å². The molecule has 3 rings (SSSR count). The molecule has 1 fully saturated rings. The SMILES string of the molecule is O=C1CCC(=O)N1CCc1c[nH]c2ccc(O)cc12. The fourth-order valence-corrected chi connectivity index (χ4v) is 2.48. The number of aromatic nitrogens is 1. The predicted molar refractivity (Wildman–Crippen MR) is 69.6 cm³/mol. The number of benzene rings is 1. The van der Waals surface area contributed by atoms with E-state index in [-0.39, 0.29) is 17.6 Å². The summed E-state index contributed by atoms with van der Waals surface area (Å²) in [6.45, 7) is 0.403. The van der Waals surface area contributed by atoms with E-state index in [1.165, 1.54) is 4.90 Å². The van der Waals surface area contributed by atoms with Crippen LogP contribution in [0.1, 0.15) is 18.4 Å². The highest BCUT2D eigenvalue weighted by molar-refractivity contribution is 6.02. The van der Waals surface area contributed by atoms with Gasteiger partial charge in [-0.3, -0.25) is 14.5 Å². The van der Waals surface area contributed by atoms with Crippen LogP contribution in [0.4, 0.5) is 0 Å². The fraction of sp³-hybridized carbons (Fsp3) is 0.286. The number of fused-ring (bicyclic) bond motifs is 1. The first-order chi connectivity index (χ1) is 9.15. The van der Waals surface area contributed by atoms with Crippen LogP contribution in [0.2, 0.25) is 0 Å². The molecule has 19 heavy (non-hydrogen) atoms. The highest BCUT2D eigenvalue weighted by atomic mass is 16.3. The van der Waals surface area contributed by atoms with Gasteiger partial charge < -0.3 is 10.1 Å². The zero-order valence-electron chi connectivity index (χ0n) is 10.3. The lowest BCUT2D eigenvalue weighted by Crippen LogP contribution is -2.31. The molecule has 5 heteroatoms. The fourth-order valence-electron chi connectivity index (χ4n) is 2.48. The van der Waals surface area contributed by atoms with Crippen LogP contribution in [0.5, 0.6) is 5.75 Å². The lowest BCUT2D eigenvalue weighted by atomic mass is 10.1. The summed E-state index contributed by atoms with van der Waals surface area (Å²) in [6, 6.07) is 5.12. The van der Waals surface area contributed by atoms with E-state index in [4.69, 9.17) is 0 Å². The molecule has 0 atom stereocenters. The van der Waals surface area contributed by atoms with Gasteiger partial charge in [0, 0.05) is 36.5 Å². The molecule has 1 aromatic heterocycles. The highest BCUT2D eigenvalue weighted by Crippen LogP contribution is 2.24. The number of amides is 2. The van der Waals surface area contributed by atoms with Crippen LogP contribution in [0.15, 0.2) is 24.4 Å². The normalized spacial score (nSPS) is 15.7. The van der Waals surface area contributed by atoms with Gasteiger partial charge in [0.1, 0.15) is 5.75 Å². The van der Waals surface area contributed by atoms with Crippen molar-refractivity contribution >= 4 is 22.7 Å². The number of carbonyl (C=O) groups excluding carboxylic acids is 2. The van der Waals surface area contributed by atoms with E-state index in [1.807, 2.05) is 6.20 Å². The van der Waals surface area contributed by atoms with Crippen LogP contribution in [0.25, 0.3) is 10.9 Å². The summed E-state index contributed by atoms with van der Waals surface area (Å²) in [5, 5.41) is 10.4. The Morgan fingerprint density at radius 3 is 2.68 bits per heavy atom. The largest absolute Gasteiger partial charge is 0.508 e. The quantitative estimate of drug-likeness (QED) is 0.821. The van der Waals surface area contributed by atoms with Gasteiger partial charge in [0.15, 0.2) is 0 Å². The first kappa shape index (κ1) is 11.8. The van der Waals surface area contributed by atoms with Crippen LogP contribution in [-0.4, -0.2) is 33.3 Å². The van der Waals surface area contributed by atoms with Crippen molar-refractivity contribution in [1.82, 2.24) is 9.88 Å². The van der Waals surface area contributed by atoms with Gasteiger partial charge in [0.2, 0.25) is 11.8 Å². The van der Waals surface area contributed by atoms with Gasteiger partial charge in [-0.2, -0.15) is 0 Å².